The fourth-order valence-electron chi connectivity index (χ4n) is 1.54. The van der Waals surface area contributed by atoms with Crippen molar-refractivity contribution in [1.29, 1.82) is 0 Å². The van der Waals surface area contributed by atoms with E-state index in [0.29, 0.717) is 12.1 Å². The average Bonchev–Trinajstić information content (AvgIpc) is 2.37. The van der Waals surface area contributed by atoms with E-state index in [2.05, 4.69) is 10.2 Å². The fourth-order valence-corrected chi connectivity index (χ4v) is 1.73. The molecule has 1 aromatic carbocycles. The molecule has 102 valence electrons. The van der Waals surface area contributed by atoms with Gasteiger partial charge < -0.3 is 15.0 Å². The second-order valence-electron chi connectivity index (χ2n) is 4.19. The van der Waals surface area contributed by atoms with E-state index in [0.717, 1.165) is 26.2 Å². The van der Waals surface area contributed by atoms with Crippen molar-refractivity contribution in [2.75, 3.05) is 40.4 Å². The Balaban J connectivity index is 2.23. The number of ether oxygens (including phenoxy) is 1. The summed E-state index contributed by atoms with van der Waals surface area (Å²) >= 11 is 5.71. The molecule has 5 heteroatoms. The summed E-state index contributed by atoms with van der Waals surface area (Å²) in [5.74, 6) is -0.334. The van der Waals surface area contributed by atoms with Crippen molar-refractivity contribution in [2.45, 2.75) is 6.54 Å². The molecule has 18 heavy (non-hydrogen) atoms. The van der Waals surface area contributed by atoms with E-state index in [4.69, 9.17) is 16.3 Å². The van der Waals surface area contributed by atoms with Gasteiger partial charge in [0, 0.05) is 38.9 Å². The Morgan fingerprint density at radius 3 is 2.89 bits per heavy atom. The standard InChI is InChI=1S/C13H20ClFN2O/c1-17(8-9-18-2)7-6-16-10-11-4-3-5-12(14)13(11)15/h3-5,16H,6-10H2,1-2H3. The number of halogens is 2. The molecule has 0 unspecified atom stereocenters. The van der Waals surface area contributed by atoms with Crippen LogP contribution in [0, 0.1) is 5.82 Å². The van der Waals surface area contributed by atoms with Crippen LogP contribution in [-0.2, 0) is 11.3 Å². The second-order valence-corrected chi connectivity index (χ2v) is 4.59. The second kappa shape index (κ2) is 8.43. The van der Waals surface area contributed by atoms with Crippen LogP contribution in [0.2, 0.25) is 5.02 Å². The Kier molecular flexibility index (Phi) is 7.20. The maximum Gasteiger partial charge on any atom is 0.146 e. The third kappa shape index (κ3) is 5.31. The van der Waals surface area contributed by atoms with Gasteiger partial charge in [-0.25, -0.2) is 4.39 Å². The molecule has 0 aliphatic heterocycles. The third-order valence-electron chi connectivity index (χ3n) is 2.69. The van der Waals surface area contributed by atoms with Crippen LogP contribution in [-0.4, -0.2) is 45.3 Å². The van der Waals surface area contributed by atoms with Gasteiger partial charge in [0.1, 0.15) is 5.82 Å². The molecule has 0 fully saturated rings. The van der Waals surface area contributed by atoms with Crippen LogP contribution < -0.4 is 5.32 Å². The summed E-state index contributed by atoms with van der Waals surface area (Å²) in [5.41, 5.74) is 0.599. The number of hydrogen-bond acceptors (Lipinski definition) is 3. The third-order valence-corrected chi connectivity index (χ3v) is 2.99. The Morgan fingerprint density at radius 2 is 2.17 bits per heavy atom. The van der Waals surface area contributed by atoms with Gasteiger partial charge in [-0.15, -0.1) is 0 Å². The van der Waals surface area contributed by atoms with E-state index in [1.165, 1.54) is 0 Å². The minimum Gasteiger partial charge on any atom is -0.383 e. The summed E-state index contributed by atoms with van der Waals surface area (Å²) in [4.78, 5) is 2.16. The van der Waals surface area contributed by atoms with Crippen LogP contribution in [0.4, 0.5) is 4.39 Å². The van der Waals surface area contributed by atoms with Crippen LogP contribution in [0.25, 0.3) is 0 Å². The van der Waals surface area contributed by atoms with Gasteiger partial charge in [0.2, 0.25) is 0 Å². The summed E-state index contributed by atoms with van der Waals surface area (Å²) in [6.07, 6.45) is 0. The van der Waals surface area contributed by atoms with Crippen LogP contribution in [0.15, 0.2) is 18.2 Å². The highest BCUT2D eigenvalue weighted by molar-refractivity contribution is 6.30. The maximum absolute atomic E-state index is 13.6. The van der Waals surface area contributed by atoms with Crippen LogP contribution in [0.5, 0.6) is 0 Å². The van der Waals surface area contributed by atoms with E-state index < -0.39 is 0 Å². The topological polar surface area (TPSA) is 24.5 Å². The molecule has 0 spiro atoms. The number of hydrogen-bond donors (Lipinski definition) is 1. The molecule has 1 N–H and O–H groups in total. The Bertz CT molecular complexity index is 363. The molecule has 0 heterocycles. The summed E-state index contributed by atoms with van der Waals surface area (Å²) in [6.45, 7) is 3.80. The molecular formula is C13H20ClFN2O. The van der Waals surface area contributed by atoms with Gasteiger partial charge in [-0.2, -0.15) is 0 Å². The molecule has 0 aromatic heterocycles. The highest BCUT2D eigenvalue weighted by atomic mass is 35.5. The first-order chi connectivity index (χ1) is 8.65. The zero-order chi connectivity index (χ0) is 13.4. The van der Waals surface area contributed by atoms with E-state index in [9.17, 15) is 4.39 Å². The van der Waals surface area contributed by atoms with Crippen molar-refractivity contribution in [3.63, 3.8) is 0 Å². The summed E-state index contributed by atoms with van der Waals surface area (Å²) in [6, 6.07) is 5.05. The SMILES string of the molecule is COCCN(C)CCNCc1cccc(Cl)c1F. The first-order valence-corrected chi connectivity index (χ1v) is 6.34. The van der Waals surface area contributed by atoms with Crippen molar-refractivity contribution < 1.29 is 9.13 Å². The quantitative estimate of drug-likeness (QED) is 0.735. The molecule has 0 amide bonds. The predicted molar refractivity (Wildman–Crippen MR) is 72.5 cm³/mol. The van der Waals surface area contributed by atoms with Crippen LogP contribution >= 0.6 is 11.6 Å². The van der Waals surface area contributed by atoms with E-state index in [1.807, 2.05) is 7.05 Å². The molecule has 0 aliphatic carbocycles. The molecule has 0 bridgehead atoms. The molecule has 1 aromatic rings. The number of nitrogens with zero attached hydrogens (tertiary/aromatic N) is 1. The van der Waals surface area contributed by atoms with E-state index in [1.54, 1.807) is 25.3 Å². The van der Waals surface area contributed by atoms with Crippen molar-refractivity contribution >= 4 is 11.6 Å². The van der Waals surface area contributed by atoms with Gasteiger partial charge in [-0.05, 0) is 13.1 Å². The lowest BCUT2D eigenvalue weighted by Crippen LogP contribution is -2.31. The number of nitrogens with one attached hydrogen (secondary N) is 1. The molecule has 0 atom stereocenters. The first kappa shape index (κ1) is 15.4. The smallest absolute Gasteiger partial charge is 0.146 e. The number of rotatable bonds is 8. The highest BCUT2D eigenvalue weighted by Gasteiger charge is 2.05. The molecule has 3 nitrogen and oxygen atoms in total. The molecule has 0 aliphatic rings. The lowest BCUT2D eigenvalue weighted by Gasteiger charge is -2.16. The predicted octanol–water partition coefficient (Wildman–Crippen LogP) is 2.15. The Labute approximate surface area is 113 Å². The van der Waals surface area contributed by atoms with Crippen LogP contribution in [0.3, 0.4) is 0 Å². The zero-order valence-electron chi connectivity index (χ0n) is 10.9. The lowest BCUT2D eigenvalue weighted by molar-refractivity contribution is 0.161. The number of benzene rings is 1. The monoisotopic (exact) mass is 274 g/mol. The van der Waals surface area contributed by atoms with Crippen molar-refractivity contribution in [1.82, 2.24) is 10.2 Å². The summed E-state index contributed by atoms with van der Waals surface area (Å²) < 4.78 is 18.5. The van der Waals surface area contributed by atoms with Gasteiger partial charge in [0.05, 0.1) is 11.6 Å². The normalized spacial score (nSPS) is 11.2. The van der Waals surface area contributed by atoms with Crippen molar-refractivity contribution in [2.24, 2.45) is 0 Å². The minimum atomic E-state index is -0.334. The molecule has 0 saturated carbocycles. The van der Waals surface area contributed by atoms with Gasteiger partial charge in [-0.1, -0.05) is 23.7 Å². The first-order valence-electron chi connectivity index (χ1n) is 5.96. The minimum absolute atomic E-state index is 0.173. The van der Waals surface area contributed by atoms with Gasteiger partial charge >= 0.3 is 0 Å². The van der Waals surface area contributed by atoms with Gasteiger partial charge in [-0.3, -0.25) is 0 Å². The van der Waals surface area contributed by atoms with E-state index >= 15 is 0 Å². The maximum atomic E-state index is 13.6. The lowest BCUT2D eigenvalue weighted by atomic mass is 10.2. The van der Waals surface area contributed by atoms with Gasteiger partial charge in [0.25, 0.3) is 0 Å². The molecule has 1 rings (SSSR count). The van der Waals surface area contributed by atoms with E-state index in [-0.39, 0.29) is 10.8 Å². The molecule has 0 radical (unpaired) electrons. The molecular weight excluding hydrogens is 255 g/mol. The van der Waals surface area contributed by atoms with Crippen molar-refractivity contribution in [3.05, 3.63) is 34.6 Å². The largest absolute Gasteiger partial charge is 0.383 e. The number of methoxy groups -OCH3 is 1. The molecule has 0 saturated heterocycles. The highest BCUT2D eigenvalue weighted by Crippen LogP contribution is 2.17. The summed E-state index contributed by atoms with van der Waals surface area (Å²) in [7, 11) is 3.72. The summed E-state index contributed by atoms with van der Waals surface area (Å²) in [5, 5.41) is 3.37. The van der Waals surface area contributed by atoms with Crippen molar-refractivity contribution in [3.8, 4) is 0 Å². The number of likely N-dealkylation sites (N-methyl/N-ethyl adjacent to an activating group) is 1. The Morgan fingerprint density at radius 1 is 1.39 bits per heavy atom. The Hall–Kier alpha value is -0.680. The zero-order valence-corrected chi connectivity index (χ0v) is 11.6. The average molecular weight is 275 g/mol. The van der Waals surface area contributed by atoms with Gasteiger partial charge in [0.15, 0.2) is 0 Å². The fraction of sp³-hybridized carbons (Fsp3) is 0.538. The van der Waals surface area contributed by atoms with Crippen LogP contribution in [0.1, 0.15) is 5.56 Å².